The second-order valence-corrected chi connectivity index (χ2v) is 8.11. The Bertz CT molecular complexity index is 1130. The summed E-state index contributed by atoms with van der Waals surface area (Å²) in [5.41, 5.74) is 0.306. The van der Waals surface area contributed by atoms with E-state index >= 15 is 0 Å². The first-order chi connectivity index (χ1) is 14.9. The van der Waals surface area contributed by atoms with E-state index in [0.717, 1.165) is 0 Å². The molecule has 0 atom stereocenters. The molecule has 10 nitrogen and oxygen atoms in total. The number of sulfonamides is 1. The lowest BCUT2D eigenvalue weighted by Gasteiger charge is -2.11. The molecule has 0 unspecified atom stereocenters. The number of carbonyl (C=O) groups is 1. The Kier molecular flexibility index (Phi) is 7.21. The summed E-state index contributed by atoms with van der Waals surface area (Å²) in [6, 6.07) is 12.7. The smallest absolute Gasteiger partial charge is 0.255 e. The van der Waals surface area contributed by atoms with E-state index in [4.69, 9.17) is 14.0 Å². The molecule has 0 spiro atoms. The number of methoxy groups -OCH3 is 1. The lowest BCUT2D eigenvalue weighted by Crippen LogP contribution is -2.34. The van der Waals surface area contributed by atoms with Gasteiger partial charge in [-0.1, -0.05) is 17.3 Å². The zero-order chi connectivity index (χ0) is 22.3. The summed E-state index contributed by atoms with van der Waals surface area (Å²) >= 11 is 0. The molecule has 1 amide bonds. The Morgan fingerprint density at radius 2 is 1.84 bits per heavy atom. The molecule has 0 radical (unpaired) electrons. The molecule has 0 bridgehead atoms. The standard InChI is InChI=1S/C20H22N4O6S/c1-14-23-19(24-30-14)13-29-18-6-4-3-5-17(18)20(25)21-11-12-22-31(26,27)16-9-7-15(28-2)8-10-16/h3-10,22H,11-13H2,1-2H3,(H,21,25). The van der Waals surface area contributed by atoms with Crippen molar-refractivity contribution in [3.63, 3.8) is 0 Å². The summed E-state index contributed by atoms with van der Waals surface area (Å²) < 4.78 is 42.6. The van der Waals surface area contributed by atoms with Crippen molar-refractivity contribution in [3.05, 3.63) is 65.8 Å². The van der Waals surface area contributed by atoms with Gasteiger partial charge in [0.05, 0.1) is 17.6 Å². The highest BCUT2D eigenvalue weighted by molar-refractivity contribution is 7.89. The highest BCUT2D eigenvalue weighted by Gasteiger charge is 2.15. The second-order valence-electron chi connectivity index (χ2n) is 6.34. The van der Waals surface area contributed by atoms with Crippen molar-refractivity contribution in [2.45, 2.75) is 18.4 Å². The summed E-state index contributed by atoms with van der Waals surface area (Å²) in [6.45, 7) is 1.82. The van der Waals surface area contributed by atoms with Crippen molar-refractivity contribution < 1.29 is 27.2 Å². The number of hydrogen-bond donors (Lipinski definition) is 2. The minimum Gasteiger partial charge on any atom is -0.497 e. The lowest BCUT2D eigenvalue weighted by molar-refractivity contribution is 0.0949. The highest BCUT2D eigenvalue weighted by Crippen LogP contribution is 2.19. The normalized spacial score (nSPS) is 11.2. The summed E-state index contributed by atoms with van der Waals surface area (Å²) in [4.78, 5) is 16.7. The Balaban J connectivity index is 1.52. The molecule has 1 heterocycles. The molecule has 31 heavy (non-hydrogen) atoms. The van der Waals surface area contributed by atoms with Crippen LogP contribution in [0.1, 0.15) is 22.1 Å². The number of nitrogens with one attached hydrogen (secondary N) is 2. The maximum Gasteiger partial charge on any atom is 0.255 e. The van der Waals surface area contributed by atoms with E-state index in [0.29, 0.717) is 28.8 Å². The first kappa shape index (κ1) is 22.2. The van der Waals surface area contributed by atoms with Crippen LogP contribution in [0.15, 0.2) is 57.9 Å². The summed E-state index contributed by atoms with van der Waals surface area (Å²) in [5.74, 6) is 1.29. The molecule has 3 aromatic rings. The average Bonchev–Trinajstić information content (AvgIpc) is 3.20. The van der Waals surface area contributed by atoms with Crippen LogP contribution < -0.4 is 19.5 Å². The monoisotopic (exact) mass is 446 g/mol. The number of ether oxygens (including phenoxy) is 2. The molecule has 2 aromatic carbocycles. The Hall–Kier alpha value is -3.44. The Morgan fingerprint density at radius 1 is 1.10 bits per heavy atom. The second kappa shape index (κ2) is 10.0. The number of aryl methyl sites for hydroxylation is 1. The zero-order valence-electron chi connectivity index (χ0n) is 17.0. The maximum absolute atomic E-state index is 12.5. The van der Waals surface area contributed by atoms with Crippen molar-refractivity contribution in [3.8, 4) is 11.5 Å². The van der Waals surface area contributed by atoms with E-state index < -0.39 is 15.9 Å². The third kappa shape index (κ3) is 6.03. The van der Waals surface area contributed by atoms with Crippen molar-refractivity contribution in [2.24, 2.45) is 0 Å². The van der Waals surface area contributed by atoms with Crippen molar-refractivity contribution in [2.75, 3.05) is 20.2 Å². The topological polar surface area (TPSA) is 133 Å². The molecule has 0 aliphatic heterocycles. The van der Waals surface area contributed by atoms with Crippen molar-refractivity contribution >= 4 is 15.9 Å². The fourth-order valence-electron chi connectivity index (χ4n) is 2.62. The van der Waals surface area contributed by atoms with E-state index in [1.807, 2.05) is 0 Å². The van der Waals surface area contributed by atoms with E-state index in [1.54, 1.807) is 43.3 Å². The first-order valence-electron chi connectivity index (χ1n) is 9.32. The van der Waals surface area contributed by atoms with Crippen molar-refractivity contribution in [1.82, 2.24) is 20.2 Å². The largest absolute Gasteiger partial charge is 0.497 e. The van der Waals surface area contributed by atoms with Gasteiger partial charge in [0.2, 0.25) is 21.7 Å². The van der Waals surface area contributed by atoms with Gasteiger partial charge in [0.25, 0.3) is 5.91 Å². The number of hydrogen-bond acceptors (Lipinski definition) is 8. The van der Waals surface area contributed by atoms with Gasteiger partial charge in [-0.15, -0.1) is 0 Å². The predicted octanol–water partition coefficient (Wildman–Crippen LogP) is 1.67. The molecule has 0 saturated heterocycles. The number of aromatic nitrogens is 2. The predicted molar refractivity (Wildman–Crippen MR) is 110 cm³/mol. The number of nitrogens with zero attached hydrogens (tertiary/aromatic N) is 2. The number of benzene rings is 2. The van der Waals surface area contributed by atoms with Crippen LogP contribution >= 0.6 is 0 Å². The Morgan fingerprint density at radius 3 is 2.52 bits per heavy atom. The zero-order valence-corrected chi connectivity index (χ0v) is 17.8. The number of rotatable bonds is 10. The van der Waals surface area contributed by atoms with Crippen LogP contribution in [-0.2, 0) is 16.6 Å². The molecule has 0 fully saturated rings. The van der Waals surface area contributed by atoms with Gasteiger partial charge in [0.15, 0.2) is 6.61 Å². The fraction of sp³-hybridized carbons (Fsp3) is 0.250. The molecule has 0 aliphatic rings. The van der Waals surface area contributed by atoms with Crippen LogP contribution in [0, 0.1) is 6.92 Å². The maximum atomic E-state index is 12.5. The molecule has 164 valence electrons. The van der Waals surface area contributed by atoms with E-state index in [9.17, 15) is 13.2 Å². The van der Waals surface area contributed by atoms with Gasteiger partial charge in [-0.05, 0) is 36.4 Å². The fourth-order valence-corrected chi connectivity index (χ4v) is 3.65. The molecular formula is C20H22N4O6S. The summed E-state index contributed by atoms with van der Waals surface area (Å²) in [5, 5.41) is 6.41. The molecule has 0 saturated carbocycles. The number of para-hydroxylation sites is 1. The minimum absolute atomic E-state index is 0.0191. The van der Waals surface area contributed by atoms with Gasteiger partial charge in [-0.2, -0.15) is 4.98 Å². The SMILES string of the molecule is COc1ccc(S(=O)(=O)NCCNC(=O)c2ccccc2OCc2noc(C)n2)cc1. The van der Waals surface area contributed by atoms with E-state index in [-0.39, 0.29) is 24.6 Å². The molecule has 1 aromatic heterocycles. The van der Waals surface area contributed by atoms with Crippen LogP contribution in [-0.4, -0.2) is 44.7 Å². The van der Waals surface area contributed by atoms with Gasteiger partial charge in [0.1, 0.15) is 11.5 Å². The van der Waals surface area contributed by atoms with Crippen LogP contribution in [0.2, 0.25) is 0 Å². The third-order valence-corrected chi connectivity index (χ3v) is 5.61. The molecule has 11 heteroatoms. The third-order valence-electron chi connectivity index (χ3n) is 4.13. The molecule has 3 rings (SSSR count). The van der Waals surface area contributed by atoms with Gasteiger partial charge < -0.3 is 19.3 Å². The molecule has 2 N–H and O–H groups in total. The van der Waals surface area contributed by atoms with Gasteiger partial charge in [0, 0.05) is 20.0 Å². The summed E-state index contributed by atoms with van der Waals surface area (Å²) in [6.07, 6.45) is 0. The quantitative estimate of drug-likeness (QED) is 0.450. The van der Waals surface area contributed by atoms with Gasteiger partial charge in [-0.25, -0.2) is 13.1 Å². The van der Waals surface area contributed by atoms with Crippen LogP contribution in [0.3, 0.4) is 0 Å². The van der Waals surface area contributed by atoms with E-state index in [2.05, 4.69) is 20.2 Å². The first-order valence-corrected chi connectivity index (χ1v) is 10.8. The van der Waals surface area contributed by atoms with Crippen LogP contribution in [0.25, 0.3) is 0 Å². The summed E-state index contributed by atoms with van der Waals surface area (Å²) in [7, 11) is -2.20. The van der Waals surface area contributed by atoms with Gasteiger partial charge in [-0.3, -0.25) is 4.79 Å². The average molecular weight is 446 g/mol. The number of amides is 1. The molecular weight excluding hydrogens is 424 g/mol. The van der Waals surface area contributed by atoms with Crippen LogP contribution in [0.5, 0.6) is 11.5 Å². The van der Waals surface area contributed by atoms with E-state index in [1.165, 1.54) is 19.2 Å². The van der Waals surface area contributed by atoms with Gasteiger partial charge >= 0.3 is 0 Å². The number of carbonyl (C=O) groups excluding carboxylic acids is 1. The van der Waals surface area contributed by atoms with Crippen molar-refractivity contribution in [1.29, 1.82) is 0 Å². The lowest BCUT2D eigenvalue weighted by atomic mass is 10.2. The highest BCUT2D eigenvalue weighted by atomic mass is 32.2. The Labute approximate surface area is 179 Å². The minimum atomic E-state index is -3.70. The molecule has 0 aliphatic carbocycles. The van der Waals surface area contributed by atoms with Crippen LogP contribution in [0.4, 0.5) is 0 Å².